The minimum Gasteiger partial charge on any atom is -0.493 e. The lowest BCUT2D eigenvalue weighted by atomic mass is 10.0. The standard InChI is InChI=1S/C20H21NO/c1-20(21)12-9-17-7-8-19(15-18(17)10-13-20)22-14-11-16-5-3-2-4-6-16/h2-10,12-13,15H,11,14,21H2,1H3. The van der Waals surface area contributed by atoms with Gasteiger partial charge in [-0.2, -0.15) is 0 Å². The lowest BCUT2D eigenvalue weighted by molar-refractivity contribution is 0.322. The van der Waals surface area contributed by atoms with Gasteiger partial charge in [0.2, 0.25) is 0 Å². The van der Waals surface area contributed by atoms with Gasteiger partial charge in [-0.25, -0.2) is 0 Å². The van der Waals surface area contributed by atoms with Crippen LogP contribution in [0.3, 0.4) is 0 Å². The fourth-order valence-corrected chi connectivity index (χ4v) is 2.46. The zero-order valence-corrected chi connectivity index (χ0v) is 12.8. The van der Waals surface area contributed by atoms with Gasteiger partial charge in [0.15, 0.2) is 0 Å². The topological polar surface area (TPSA) is 35.2 Å². The van der Waals surface area contributed by atoms with Crippen molar-refractivity contribution in [2.45, 2.75) is 18.9 Å². The molecular formula is C20H21NO. The molecule has 3 rings (SSSR count). The molecule has 0 heterocycles. The van der Waals surface area contributed by atoms with Crippen LogP contribution in [0.5, 0.6) is 5.75 Å². The van der Waals surface area contributed by atoms with Crippen LogP contribution in [0, 0.1) is 0 Å². The van der Waals surface area contributed by atoms with E-state index in [0.717, 1.165) is 17.7 Å². The van der Waals surface area contributed by atoms with E-state index >= 15 is 0 Å². The summed E-state index contributed by atoms with van der Waals surface area (Å²) in [7, 11) is 0. The smallest absolute Gasteiger partial charge is 0.119 e. The highest BCUT2D eigenvalue weighted by molar-refractivity contribution is 5.70. The maximum absolute atomic E-state index is 6.13. The molecule has 22 heavy (non-hydrogen) atoms. The van der Waals surface area contributed by atoms with Crippen LogP contribution in [-0.4, -0.2) is 12.1 Å². The van der Waals surface area contributed by atoms with E-state index in [-0.39, 0.29) is 0 Å². The van der Waals surface area contributed by atoms with E-state index in [9.17, 15) is 0 Å². The van der Waals surface area contributed by atoms with Crippen LogP contribution in [0.1, 0.15) is 23.6 Å². The average Bonchev–Trinajstić information content (AvgIpc) is 2.67. The molecule has 0 fully saturated rings. The van der Waals surface area contributed by atoms with E-state index in [1.165, 1.54) is 11.1 Å². The summed E-state index contributed by atoms with van der Waals surface area (Å²) in [6, 6.07) is 16.5. The second-order valence-electron chi connectivity index (χ2n) is 5.91. The number of ether oxygens (including phenoxy) is 1. The molecule has 2 aromatic rings. The number of benzene rings is 2. The zero-order valence-electron chi connectivity index (χ0n) is 12.8. The maximum atomic E-state index is 6.13. The summed E-state index contributed by atoms with van der Waals surface area (Å²) in [4.78, 5) is 0. The first-order chi connectivity index (χ1) is 10.6. The Labute approximate surface area is 131 Å². The monoisotopic (exact) mass is 291 g/mol. The van der Waals surface area contributed by atoms with E-state index in [1.54, 1.807) is 0 Å². The Bertz CT molecular complexity index is 699. The summed E-state index contributed by atoms with van der Waals surface area (Å²) in [5.41, 5.74) is 9.34. The van der Waals surface area contributed by atoms with Gasteiger partial charge in [-0.05, 0) is 35.7 Å². The van der Waals surface area contributed by atoms with E-state index in [0.29, 0.717) is 6.61 Å². The van der Waals surface area contributed by atoms with E-state index in [4.69, 9.17) is 10.5 Å². The first kappa shape index (κ1) is 14.6. The summed E-state index contributed by atoms with van der Waals surface area (Å²) >= 11 is 0. The molecule has 0 radical (unpaired) electrons. The Morgan fingerprint density at radius 3 is 2.45 bits per heavy atom. The number of rotatable bonds is 4. The molecule has 0 aliphatic heterocycles. The molecule has 0 aromatic heterocycles. The minimum atomic E-state index is -0.395. The largest absolute Gasteiger partial charge is 0.493 e. The molecule has 0 saturated heterocycles. The molecule has 2 nitrogen and oxygen atoms in total. The Hall–Kier alpha value is -2.32. The third-order valence-corrected chi connectivity index (χ3v) is 3.80. The van der Waals surface area contributed by atoms with Crippen LogP contribution < -0.4 is 10.5 Å². The van der Waals surface area contributed by atoms with Gasteiger partial charge in [0.1, 0.15) is 5.75 Å². The SMILES string of the molecule is CC1(N)C=Cc2ccc(OCCc3ccccc3)cc2C=C1. The normalized spacial score (nSPS) is 19.5. The summed E-state index contributed by atoms with van der Waals surface area (Å²) in [5, 5.41) is 0. The van der Waals surface area contributed by atoms with Crippen molar-refractivity contribution in [3.63, 3.8) is 0 Å². The lowest BCUT2D eigenvalue weighted by Gasteiger charge is -2.12. The zero-order chi connectivity index (χ0) is 15.4. The van der Waals surface area contributed by atoms with Crippen molar-refractivity contribution >= 4 is 12.2 Å². The summed E-state index contributed by atoms with van der Waals surface area (Å²) in [6.45, 7) is 2.67. The molecule has 2 N–H and O–H groups in total. The van der Waals surface area contributed by atoms with Gasteiger partial charge < -0.3 is 10.5 Å². The summed E-state index contributed by atoms with van der Waals surface area (Å²) in [5.74, 6) is 0.897. The lowest BCUT2D eigenvalue weighted by Crippen LogP contribution is -2.29. The van der Waals surface area contributed by atoms with Crippen molar-refractivity contribution in [1.29, 1.82) is 0 Å². The van der Waals surface area contributed by atoms with Crippen molar-refractivity contribution in [2.24, 2.45) is 5.73 Å². The fourth-order valence-electron chi connectivity index (χ4n) is 2.46. The molecule has 2 heteroatoms. The number of fused-ring (bicyclic) bond motifs is 1. The molecule has 1 atom stereocenters. The molecule has 1 aliphatic rings. The average molecular weight is 291 g/mol. The Kier molecular flexibility index (Phi) is 4.12. The molecule has 0 bridgehead atoms. The van der Waals surface area contributed by atoms with Crippen molar-refractivity contribution in [2.75, 3.05) is 6.61 Å². The van der Waals surface area contributed by atoms with Crippen molar-refractivity contribution in [3.05, 3.63) is 77.4 Å². The number of hydrogen-bond donors (Lipinski definition) is 1. The van der Waals surface area contributed by atoms with Crippen LogP contribution in [0.15, 0.2) is 60.7 Å². The first-order valence-electron chi connectivity index (χ1n) is 7.61. The van der Waals surface area contributed by atoms with Gasteiger partial charge in [0.25, 0.3) is 0 Å². The van der Waals surface area contributed by atoms with E-state index in [1.807, 2.05) is 31.2 Å². The molecular weight excluding hydrogens is 270 g/mol. The molecule has 0 spiro atoms. The van der Waals surface area contributed by atoms with Crippen LogP contribution in [0.4, 0.5) is 0 Å². The van der Waals surface area contributed by atoms with E-state index < -0.39 is 5.54 Å². The summed E-state index contributed by atoms with van der Waals surface area (Å²) in [6.07, 6.45) is 9.09. The van der Waals surface area contributed by atoms with Crippen LogP contribution in [0.2, 0.25) is 0 Å². The van der Waals surface area contributed by atoms with Gasteiger partial charge in [-0.15, -0.1) is 0 Å². The second-order valence-corrected chi connectivity index (χ2v) is 5.91. The number of hydrogen-bond acceptors (Lipinski definition) is 2. The third-order valence-electron chi connectivity index (χ3n) is 3.80. The van der Waals surface area contributed by atoms with E-state index in [2.05, 4.69) is 48.6 Å². The van der Waals surface area contributed by atoms with Crippen LogP contribution >= 0.6 is 0 Å². The summed E-state index contributed by atoms with van der Waals surface area (Å²) < 4.78 is 5.88. The van der Waals surface area contributed by atoms with Crippen LogP contribution in [-0.2, 0) is 6.42 Å². The highest BCUT2D eigenvalue weighted by Gasteiger charge is 2.13. The van der Waals surface area contributed by atoms with Gasteiger partial charge in [0, 0.05) is 6.42 Å². The third kappa shape index (κ3) is 3.66. The molecule has 1 unspecified atom stereocenters. The van der Waals surface area contributed by atoms with Gasteiger partial charge in [0.05, 0.1) is 12.1 Å². The Morgan fingerprint density at radius 2 is 1.68 bits per heavy atom. The minimum absolute atomic E-state index is 0.395. The molecule has 1 aliphatic carbocycles. The molecule has 0 amide bonds. The molecule has 112 valence electrons. The fraction of sp³-hybridized carbons (Fsp3) is 0.200. The molecule has 0 saturated carbocycles. The van der Waals surface area contributed by atoms with Gasteiger partial charge in [-0.1, -0.05) is 60.7 Å². The quantitative estimate of drug-likeness (QED) is 0.921. The van der Waals surface area contributed by atoms with Gasteiger partial charge >= 0.3 is 0 Å². The van der Waals surface area contributed by atoms with Gasteiger partial charge in [-0.3, -0.25) is 0 Å². The van der Waals surface area contributed by atoms with Crippen molar-refractivity contribution in [3.8, 4) is 5.75 Å². The number of nitrogens with two attached hydrogens (primary N) is 1. The predicted octanol–water partition coefficient (Wildman–Crippen LogP) is 4.07. The van der Waals surface area contributed by atoms with Crippen LogP contribution in [0.25, 0.3) is 12.2 Å². The Morgan fingerprint density at radius 1 is 0.955 bits per heavy atom. The van der Waals surface area contributed by atoms with Crippen molar-refractivity contribution in [1.82, 2.24) is 0 Å². The maximum Gasteiger partial charge on any atom is 0.119 e. The highest BCUT2D eigenvalue weighted by atomic mass is 16.5. The predicted molar refractivity (Wildman–Crippen MR) is 92.7 cm³/mol. The molecule has 2 aromatic carbocycles. The Balaban J connectivity index is 1.67. The highest BCUT2D eigenvalue weighted by Crippen LogP contribution is 2.25. The van der Waals surface area contributed by atoms with Crippen molar-refractivity contribution < 1.29 is 4.74 Å². The second kappa shape index (κ2) is 6.20. The first-order valence-corrected chi connectivity index (χ1v) is 7.61.